The molecule has 1 atom stereocenters. The molecule has 2 aliphatic rings. The summed E-state index contributed by atoms with van der Waals surface area (Å²) in [6.07, 6.45) is 0.899. The lowest BCUT2D eigenvalue weighted by Gasteiger charge is -2.10. The molecule has 1 unspecified atom stereocenters. The number of para-hydroxylation sites is 1. The van der Waals surface area contributed by atoms with Gasteiger partial charge in [-0.05, 0) is 35.4 Å². The highest BCUT2D eigenvalue weighted by Crippen LogP contribution is 2.34. The molecule has 0 saturated carbocycles. The van der Waals surface area contributed by atoms with Crippen LogP contribution in [0, 0.1) is 0 Å². The van der Waals surface area contributed by atoms with Gasteiger partial charge in [-0.3, -0.25) is 4.79 Å². The molecule has 3 heteroatoms. The Morgan fingerprint density at radius 2 is 2.10 bits per heavy atom. The third-order valence-electron chi connectivity index (χ3n) is 4.12. The van der Waals surface area contributed by atoms with E-state index in [2.05, 4.69) is 5.32 Å². The maximum atomic E-state index is 12.7. The second-order valence-electron chi connectivity index (χ2n) is 5.31. The number of hydrogen-bond donors (Lipinski definition) is 1. The quantitative estimate of drug-likeness (QED) is 0.848. The maximum Gasteiger partial charge on any atom is 0.172 e. The van der Waals surface area contributed by atoms with Crippen molar-refractivity contribution in [1.82, 2.24) is 0 Å². The fourth-order valence-corrected chi connectivity index (χ4v) is 3.06. The van der Waals surface area contributed by atoms with E-state index < -0.39 is 0 Å². The predicted octanol–water partition coefficient (Wildman–Crippen LogP) is 3.01. The van der Waals surface area contributed by atoms with Gasteiger partial charge in [0.15, 0.2) is 5.78 Å². The Kier molecular flexibility index (Phi) is 2.52. The van der Waals surface area contributed by atoms with Gasteiger partial charge in [-0.15, -0.1) is 0 Å². The molecule has 0 spiro atoms. The van der Waals surface area contributed by atoms with Crippen molar-refractivity contribution in [2.75, 3.05) is 18.5 Å². The lowest BCUT2D eigenvalue weighted by atomic mass is 9.91. The molecule has 0 aromatic heterocycles. The molecule has 1 N–H and O–H groups in total. The normalized spacial score (nSPS) is 18.9. The molecule has 0 amide bonds. The second-order valence-corrected chi connectivity index (χ2v) is 5.31. The minimum absolute atomic E-state index is 0.0772. The molecule has 3 nitrogen and oxygen atoms in total. The van der Waals surface area contributed by atoms with E-state index >= 15 is 0 Å². The molecule has 2 aromatic rings. The summed E-state index contributed by atoms with van der Waals surface area (Å²) in [5.74, 6) is 1.04. The highest BCUT2D eigenvalue weighted by molar-refractivity contribution is 6.03. The van der Waals surface area contributed by atoms with Crippen LogP contribution in [0.4, 0.5) is 5.69 Å². The van der Waals surface area contributed by atoms with Crippen LogP contribution >= 0.6 is 0 Å². The van der Waals surface area contributed by atoms with E-state index in [1.165, 1.54) is 0 Å². The molecular weight excluding hydrogens is 250 g/mol. The van der Waals surface area contributed by atoms with E-state index in [0.717, 1.165) is 41.2 Å². The molecule has 20 heavy (non-hydrogen) atoms. The molecule has 4 rings (SSSR count). The molecule has 2 heterocycles. The van der Waals surface area contributed by atoms with Gasteiger partial charge in [0, 0.05) is 24.2 Å². The van der Waals surface area contributed by atoms with E-state index in [1.54, 1.807) is 0 Å². The van der Waals surface area contributed by atoms with Crippen LogP contribution in [0.2, 0.25) is 0 Å². The van der Waals surface area contributed by atoms with Gasteiger partial charge in [-0.2, -0.15) is 0 Å². The van der Waals surface area contributed by atoms with E-state index in [1.807, 2.05) is 42.5 Å². The summed E-state index contributed by atoms with van der Waals surface area (Å²) in [7, 11) is 0. The highest BCUT2D eigenvalue weighted by Gasteiger charge is 2.29. The number of carbonyl (C=O) groups is 1. The van der Waals surface area contributed by atoms with Crippen LogP contribution in [0.15, 0.2) is 42.5 Å². The lowest BCUT2D eigenvalue weighted by molar-refractivity contribution is 0.0966. The summed E-state index contributed by atoms with van der Waals surface area (Å²) in [5.41, 5.74) is 4.12. The first-order valence-corrected chi connectivity index (χ1v) is 6.96. The summed E-state index contributed by atoms with van der Waals surface area (Å²) in [6.45, 7) is 1.41. The Morgan fingerprint density at radius 3 is 3.05 bits per heavy atom. The summed E-state index contributed by atoms with van der Waals surface area (Å²) >= 11 is 0. The molecule has 0 saturated heterocycles. The monoisotopic (exact) mass is 265 g/mol. The van der Waals surface area contributed by atoms with Crippen LogP contribution in [0.5, 0.6) is 5.75 Å². The van der Waals surface area contributed by atoms with Crippen molar-refractivity contribution < 1.29 is 9.53 Å². The number of ether oxygens (including phenoxy) is 1. The third kappa shape index (κ3) is 1.70. The number of Topliss-reactive ketones (excluding diaryl/α,β-unsaturated/α-hetero) is 1. The van der Waals surface area contributed by atoms with Crippen molar-refractivity contribution >= 4 is 11.5 Å². The van der Waals surface area contributed by atoms with E-state index in [4.69, 9.17) is 4.74 Å². The van der Waals surface area contributed by atoms with Crippen LogP contribution in [-0.2, 0) is 6.42 Å². The number of anilines is 1. The molecule has 0 fully saturated rings. The van der Waals surface area contributed by atoms with Gasteiger partial charge < -0.3 is 10.1 Å². The molecule has 100 valence electrons. The van der Waals surface area contributed by atoms with Crippen LogP contribution in [0.3, 0.4) is 0 Å². The Balaban J connectivity index is 1.68. The average Bonchev–Trinajstić information content (AvgIpc) is 3.12. The molecule has 2 aliphatic heterocycles. The number of ketones is 1. The predicted molar refractivity (Wildman–Crippen MR) is 77.6 cm³/mol. The SMILES string of the molecule is O=C(c1ccc2c(c1)CCO2)C1CNc2ccccc21. The van der Waals surface area contributed by atoms with Crippen LogP contribution in [-0.4, -0.2) is 18.9 Å². The van der Waals surface area contributed by atoms with Gasteiger partial charge in [0.1, 0.15) is 5.75 Å². The zero-order chi connectivity index (χ0) is 13.5. The Bertz CT molecular complexity index is 693. The topological polar surface area (TPSA) is 38.3 Å². The van der Waals surface area contributed by atoms with Crippen LogP contribution < -0.4 is 10.1 Å². The summed E-state index contributed by atoms with van der Waals surface area (Å²) in [6, 6.07) is 13.8. The fourth-order valence-electron chi connectivity index (χ4n) is 3.06. The number of carbonyl (C=O) groups excluding carboxylic acids is 1. The average molecular weight is 265 g/mol. The van der Waals surface area contributed by atoms with Crippen LogP contribution in [0.25, 0.3) is 0 Å². The van der Waals surface area contributed by atoms with E-state index in [9.17, 15) is 4.79 Å². The van der Waals surface area contributed by atoms with Crippen LogP contribution in [0.1, 0.15) is 27.4 Å². The minimum atomic E-state index is -0.0772. The zero-order valence-electron chi connectivity index (χ0n) is 11.1. The summed E-state index contributed by atoms with van der Waals surface area (Å²) in [4.78, 5) is 12.7. The molecule has 2 aromatic carbocycles. The number of rotatable bonds is 2. The minimum Gasteiger partial charge on any atom is -0.493 e. The second kappa shape index (κ2) is 4.37. The first kappa shape index (κ1) is 11.5. The zero-order valence-corrected chi connectivity index (χ0v) is 11.1. The fraction of sp³-hybridized carbons (Fsp3) is 0.235. The van der Waals surface area contributed by atoms with Crippen molar-refractivity contribution in [3.63, 3.8) is 0 Å². The lowest BCUT2D eigenvalue weighted by Crippen LogP contribution is -2.15. The van der Waals surface area contributed by atoms with Gasteiger partial charge in [-0.25, -0.2) is 0 Å². The van der Waals surface area contributed by atoms with Crippen molar-refractivity contribution in [1.29, 1.82) is 0 Å². The molecule has 0 bridgehead atoms. The Labute approximate surface area is 117 Å². The van der Waals surface area contributed by atoms with Crippen molar-refractivity contribution in [2.45, 2.75) is 12.3 Å². The number of benzene rings is 2. The van der Waals surface area contributed by atoms with Gasteiger partial charge >= 0.3 is 0 Å². The summed E-state index contributed by atoms with van der Waals surface area (Å²) < 4.78 is 5.49. The standard InChI is InChI=1S/C17H15NO2/c19-17(12-5-6-16-11(9-12)7-8-20-16)14-10-18-15-4-2-1-3-13(14)15/h1-6,9,14,18H,7-8,10H2. The molecular formula is C17H15NO2. The highest BCUT2D eigenvalue weighted by atomic mass is 16.5. The van der Waals surface area contributed by atoms with Crippen molar-refractivity contribution in [3.8, 4) is 5.75 Å². The van der Waals surface area contributed by atoms with Gasteiger partial charge in [-0.1, -0.05) is 18.2 Å². The number of fused-ring (bicyclic) bond motifs is 2. The van der Waals surface area contributed by atoms with Gasteiger partial charge in [0.2, 0.25) is 0 Å². The van der Waals surface area contributed by atoms with E-state index in [-0.39, 0.29) is 11.7 Å². The maximum absolute atomic E-state index is 12.7. The number of nitrogens with one attached hydrogen (secondary N) is 1. The molecule has 0 aliphatic carbocycles. The Hall–Kier alpha value is -2.29. The van der Waals surface area contributed by atoms with E-state index in [0.29, 0.717) is 6.54 Å². The summed E-state index contributed by atoms with van der Waals surface area (Å²) in [5, 5.41) is 3.31. The molecule has 0 radical (unpaired) electrons. The smallest absolute Gasteiger partial charge is 0.172 e. The van der Waals surface area contributed by atoms with Crippen molar-refractivity contribution in [2.24, 2.45) is 0 Å². The van der Waals surface area contributed by atoms with Gasteiger partial charge in [0.05, 0.1) is 12.5 Å². The first-order valence-electron chi connectivity index (χ1n) is 6.96. The van der Waals surface area contributed by atoms with Gasteiger partial charge in [0.25, 0.3) is 0 Å². The number of hydrogen-bond acceptors (Lipinski definition) is 3. The first-order chi connectivity index (χ1) is 9.83. The third-order valence-corrected chi connectivity index (χ3v) is 4.12. The largest absolute Gasteiger partial charge is 0.493 e. The van der Waals surface area contributed by atoms with Crippen molar-refractivity contribution in [3.05, 3.63) is 59.2 Å². The Morgan fingerprint density at radius 1 is 1.20 bits per heavy atom.